The first kappa shape index (κ1) is 24.7. The van der Waals surface area contributed by atoms with Crippen LogP contribution in [0.5, 0.6) is 5.75 Å². The third-order valence-corrected chi connectivity index (χ3v) is 7.23. The molecule has 37 heavy (non-hydrogen) atoms. The lowest BCUT2D eigenvalue weighted by atomic mass is 9.90. The number of amides is 2. The van der Waals surface area contributed by atoms with Gasteiger partial charge in [-0.2, -0.15) is 5.26 Å². The fraction of sp³-hybridized carbons (Fsp3) is 0.370. The summed E-state index contributed by atoms with van der Waals surface area (Å²) in [7, 11) is 1.57. The SMILES string of the molecule is COc1cccc2[nH]c(C(O)N3CCc4cc(F)ccc4C3C(=O)NC(C#N)CC3CCNC3=O)cc12. The topological polar surface area (TPSA) is 130 Å². The number of carbonyl (C=O) groups is 2. The summed E-state index contributed by atoms with van der Waals surface area (Å²) in [4.78, 5) is 30.5. The van der Waals surface area contributed by atoms with Crippen LogP contribution in [0, 0.1) is 23.1 Å². The van der Waals surface area contributed by atoms with Crippen molar-refractivity contribution in [3.8, 4) is 11.8 Å². The van der Waals surface area contributed by atoms with E-state index in [9.17, 15) is 24.3 Å². The second-order valence-electron chi connectivity index (χ2n) is 9.46. The summed E-state index contributed by atoms with van der Waals surface area (Å²) in [6.45, 7) is 0.830. The Hall–Kier alpha value is -3.94. The van der Waals surface area contributed by atoms with Crippen LogP contribution in [0.15, 0.2) is 42.5 Å². The summed E-state index contributed by atoms with van der Waals surface area (Å²) >= 11 is 0. The largest absolute Gasteiger partial charge is 0.496 e. The van der Waals surface area contributed by atoms with Gasteiger partial charge in [-0.3, -0.25) is 14.5 Å². The van der Waals surface area contributed by atoms with Crippen molar-refractivity contribution >= 4 is 22.7 Å². The van der Waals surface area contributed by atoms with E-state index >= 15 is 0 Å². The predicted octanol–water partition coefficient (Wildman–Crippen LogP) is 2.44. The Morgan fingerprint density at radius 1 is 1.35 bits per heavy atom. The zero-order chi connectivity index (χ0) is 26.1. The minimum absolute atomic E-state index is 0.126. The molecular weight excluding hydrogens is 477 g/mol. The molecule has 9 nitrogen and oxygen atoms in total. The van der Waals surface area contributed by atoms with Crippen LogP contribution in [0.3, 0.4) is 0 Å². The summed E-state index contributed by atoms with van der Waals surface area (Å²) in [6, 6.07) is 11.8. The molecule has 0 saturated carbocycles. The van der Waals surface area contributed by atoms with Gasteiger partial charge in [-0.1, -0.05) is 12.1 Å². The van der Waals surface area contributed by atoms with E-state index in [1.807, 2.05) is 18.2 Å². The minimum Gasteiger partial charge on any atom is -0.496 e. The molecule has 0 radical (unpaired) electrons. The molecule has 1 saturated heterocycles. The zero-order valence-electron chi connectivity index (χ0n) is 20.3. The Morgan fingerprint density at radius 3 is 2.92 bits per heavy atom. The molecule has 0 bridgehead atoms. The molecule has 4 unspecified atom stereocenters. The molecule has 2 aromatic carbocycles. The summed E-state index contributed by atoms with van der Waals surface area (Å²) < 4.78 is 19.4. The number of carbonyl (C=O) groups excluding carboxylic acids is 2. The van der Waals surface area contributed by atoms with Crippen LogP contribution in [0.1, 0.15) is 41.9 Å². The molecule has 2 aliphatic heterocycles. The Bertz CT molecular complexity index is 1380. The van der Waals surface area contributed by atoms with Crippen molar-refractivity contribution in [2.75, 3.05) is 20.2 Å². The van der Waals surface area contributed by atoms with E-state index in [1.165, 1.54) is 12.1 Å². The van der Waals surface area contributed by atoms with Gasteiger partial charge in [-0.15, -0.1) is 0 Å². The predicted molar refractivity (Wildman–Crippen MR) is 133 cm³/mol. The Balaban J connectivity index is 1.46. The second kappa shape index (κ2) is 10.2. The highest BCUT2D eigenvalue weighted by molar-refractivity contribution is 5.87. The summed E-state index contributed by atoms with van der Waals surface area (Å²) in [6.07, 6.45) is 0.0443. The molecule has 3 aromatic rings. The molecule has 2 amide bonds. The second-order valence-corrected chi connectivity index (χ2v) is 9.46. The number of benzene rings is 2. The maximum absolute atomic E-state index is 14.0. The van der Waals surface area contributed by atoms with Crippen LogP contribution in [0.4, 0.5) is 4.39 Å². The molecule has 5 rings (SSSR count). The highest BCUT2D eigenvalue weighted by Crippen LogP contribution is 2.37. The zero-order valence-corrected chi connectivity index (χ0v) is 20.3. The number of aromatic nitrogens is 1. The quantitative estimate of drug-likeness (QED) is 0.390. The average molecular weight is 506 g/mol. The number of methoxy groups -OCH3 is 1. The number of nitrogens with zero attached hydrogens (tertiary/aromatic N) is 2. The van der Waals surface area contributed by atoms with Gasteiger partial charge < -0.3 is 25.5 Å². The number of aliphatic hydroxyl groups is 1. The maximum atomic E-state index is 14.0. The first-order valence-corrected chi connectivity index (χ1v) is 12.2. The van der Waals surface area contributed by atoms with Crippen molar-refractivity contribution in [2.24, 2.45) is 5.92 Å². The highest BCUT2D eigenvalue weighted by atomic mass is 19.1. The van der Waals surface area contributed by atoms with Crippen LogP contribution in [0.25, 0.3) is 10.9 Å². The number of ether oxygens (including phenoxy) is 1. The number of H-pyrrole nitrogens is 1. The lowest BCUT2D eigenvalue weighted by Gasteiger charge is -2.39. The Kier molecular flexibility index (Phi) is 6.82. The molecule has 3 heterocycles. The van der Waals surface area contributed by atoms with Crippen molar-refractivity contribution in [1.29, 1.82) is 5.26 Å². The van der Waals surface area contributed by atoms with Crippen LogP contribution in [0.2, 0.25) is 0 Å². The molecule has 1 fully saturated rings. The van der Waals surface area contributed by atoms with E-state index in [0.29, 0.717) is 42.0 Å². The van der Waals surface area contributed by atoms with Crippen molar-refractivity contribution < 1.29 is 23.8 Å². The summed E-state index contributed by atoms with van der Waals surface area (Å²) in [5, 5.41) is 27.5. The molecular formula is C27H28FN5O4. The third-order valence-electron chi connectivity index (χ3n) is 7.23. The van der Waals surface area contributed by atoms with Gasteiger partial charge in [0.15, 0.2) is 0 Å². The van der Waals surface area contributed by atoms with Gasteiger partial charge in [0.25, 0.3) is 0 Å². The van der Waals surface area contributed by atoms with Gasteiger partial charge in [0.2, 0.25) is 11.8 Å². The number of rotatable bonds is 7. The first-order chi connectivity index (χ1) is 17.9. The van der Waals surface area contributed by atoms with Crippen molar-refractivity contribution in [3.05, 3.63) is 65.1 Å². The van der Waals surface area contributed by atoms with E-state index in [1.54, 1.807) is 24.1 Å². The van der Waals surface area contributed by atoms with Gasteiger partial charge in [0, 0.05) is 29.9 Å². The monoisotopic (exact) mass is 505 g/mol. The van der Waals surface area contributed by atoms with E-state index in [0.717, 1.165) is 10.9 Å². The molecule has 192 valence electrons. The average Bonchev–Trinajstić information content (AvgIpc) is 3.52. The van der Waals surface area contributed by atoms with E-state index in [2.05, 4.69) is 21.7 Å². The Labute approximate surface area is 213 Å². The van der Waals surface area contributed by atoms with Crippen LogP contribution in [-0.2, 0) is 16.0 Å². The molecule has 4 atom stereocenters. The summed E-state index contributed by atoms with van der Waals surface area (Å²) in [5.41, 5.74) is 2.48. The Morgan fingerprint density at radius 2 is 2.19 bits per heavy atom. The highest BCUT2D eigenvalue weighted by Gasteiger charge is 2.39. The van der Waals surface area contributed by atoms with Gasteiger partial charge >= 0.3 is 0 Å². The standard InChI is InChI=1S/C27H28FN5O4/c1-37-23-4-2-3-21-20(23)13-22(32-21)27(36)33-10-8-15-11-17(28)5-6-19(15)24(33)26(35)31-18(14-29)12-16-7-9-30-25(16)34/h2-6,11,13,16,18,24,27,32,36H,7-10,12H2,1H3,(H,30,34)(H,31,35). The number of aromatic amines is 1. The molecule has 4 N–H and O–H groups in total. The number of hydrogen-bond donors (Lipinski definition) is 4. The van der Waals surface area contributed by atoms with Gasteiger partial charge in [-0.05, 0) is 60.7 Å². The molecule has 0 aliphatic carbocycles. The van der Waals surface area contributed by atoms with Gasteiger partial charge in [-0.25, -0.2) is 4.39 Å². The fourth-order valence-electron chi connectivity index (χ4n) is 5.36. The number of nitriles is 1. The number of nitrogens with one attached hydrogen (secondary N) is 3. The molecule has 1 aromatic heterocycles. The number of halogens is 1. The van der Waals surface area contributed by atoms with Crippen LogP contribution < -0.4 is 15.4 Å². The third kappa shape index (κ3) is 4.75. The lowest BCUT2D eigenvalue weighted by Crippen LogP contribution is -2.48. The van der Waals surface area contributed by atoms with Crippen molar-refractivity contribution in [1.82, 2.24) is 20.5 Å². The smallest absolute Gasteiger partial charge is 0.243 e. The number of hydrogen-bond acceptors (Lipinski definition) is 6. The first-order valence-electron chi connectivity index (χ1n) is 12.2. The van der Waals surface area contributed by atoms with Crippen LogP contribution >= 0.6 is 0 Å². The minimum atomic E-state index is -1.19. The number of aliphatic hydroxyl groups excluding tert-OH is 1. The summed E-state index contributed by atoms with van der Waals surface area (Å²) in [5.74, 6) is -0.726. The van der Waals surface area contributed by atoms with Crippen LogP contribution in [-0.4, -0.2) is 53.0 Å². The van der Waals surface area contributed by atoms with Gasteiger partial charge in [0.1, 0.15) is 29.9 Å². The molecule has 0 spiro atoms. The lowest BCUT2D eigenvalue weighted by molar-refractivity contribution is -0.134. The molecule has 2 aliphatic rings. The number of fused-ring (bicyclic) bond motifs is 2. The van der Waals surface area contributed by atoms with E-state index < -0.39 is 30.0 Å². The normalized spacial score (nSPS) is 21.1. The van der Waals surface area contributed by atoms with E-state index in [4.69, 9.17) is 4.74 Å². The van der Waals surface area contributed by atoms with Gasteiger partial charge in [0.05, 0.1) is 18.9 Å². The molecule has 10 heteroatoms. The van der Waals surface area contributed by atoms with Crippen molar-refractivity contribution in [2.45, 2.75) is 37.6 Å². The fourth-order valence-corrected chi connectivity index (χ4v) is 5.36. The van der Waals surface area contributed by atoms with Crippen molar-refractivity contribution in [3.63, 3.8) is 0 Å². The maximum Gasteiger partial charge on any atom is 0.243 e. The van der Waals surface area contributed by atoms with E-state index in [-0.39, 0.29) is 24.8 Å².